The second-order valence-corrected chi connectivity index (χ2v) is 9.55. The van der Waals surface area contributed by atoms with Crippen molar-refractivity contribution in [3.05, 3.63) is 23.8 Å². The van der Waals surface area contributed by atoms with Gasteiger partial charge in [-0.25, -0.2) is 13.1 Å². The Morgan fingerprint density at radius 3 is 2.50 bits per heavy atom. The van der Waals surface area contributed by atoms with E-state index in [-0.39, 0.29) is 29.6 Å². The number of anilines is 1. The Balaban J connectivity index is 1.59. The number of carbonyl (C=O) groups is 2. The maximum absolute atomic E-state index is 12.7. The summed E-state index contributed by atoms with van der Waals surface area (Å²) in [6, 6.07) is 4.85. The maximum Gasteiger partial charge on any atom is 0.240 e. The number of nitrogens with one attached hydrogen (secondary N) is 1. The molecule has 2 amide bonds. The van der Waals surface area contributed by atoms with Crippen LogP contribution in [-0.2, 0) is 30.8 Å². The smallest absolute Gasteiger partial charge is 0.240 e. The Bertz CT molecular complexity index is 881. The standard InChI is InChI=1S/C20H30N4O5S/c1-22(2)10-8-21-30(27,28)17-3-4-18-16(15-17)7-9-24(18)20(26)6-5-19(25)23-11-13-29-14-12-23/h3-4,15,21H,5-14H2,1-2H3. The highest BCUT2D eigenvalue weighted by atomic mass is 32.2. The summed E-state index contributed by atoms with van der Waals surface area (Å²) < 4.78 is 32.8. The number of nitrogens with zero attached hydrogens (tertiary/aromatic N) is 3. The molecular weight excluding hydrogens is 408 g/mol. The minimum absolute atomic E-state index is 0.0312. The molecule has 2 aliphatic rings. The van der Waals surface area contributed by atoms with Crippen LogP contribution in [0, 0.1) is 0 Å². The van der Waals surface area contributed by atoms with Crippen LogP contribution in [0.25, 0.3) is 0 Å². The lowest BCUT2D eigenvalue weighted by Crippen LogP contribution is -2.41. The number of carbonyl (C=O) groups excluding carboxylic acids is 2. The van der Waals surface area contributed by atoms with E-state index in [1.165, 1.54) is 6.07 Å². The van der Waals surface area contributed by atoms with Crippen LogP contribution in [0.4, 0.5) is 5.69 Å². The summed E-state index contributed by atoms with van der Waals surface area (Å²) in [6.45, 7) is 3.64. The molecule has 0 bridgehead atoms. The molecule has 0 atom stereocenters. The molecule has 1 aromatic carbocycles. The molecule has 10 heteroatoms. The Labute approximate surface area is 178 Å². The van der Waals surface area contributed by atoms with Crippen LogP contribution in [0.15, 0.2) is 23.1 Å². The molecule has 0 aromatic heterocycles. The topological polar surface area (TPSA) is 99.3 Å². The predicted octanol–water partition coefficient (Wildman–Crippen LogP) is 0.0546. The summed E-state index contributed by atoms with van der Waals surface area (Å²) in [5.74, 6) is -0.147. The van der Waals surface area contributed by atoms with Gasteiger partial charge in [-0.2, -0.15) is 0 Å². The number of ether oxygens (including phenoxy) is 1. The average Bonchev–Trinajstić information content (AvgIpc) is 3.15. The van der Waals surface area contributed by atoms with Crippen molar-refractivity contribution in [3.63, 3.8) is 0 Å². The van der Waals surface area contributed by atoms with E-state index in [9.17, 15) is 18.0 Å². The van der Waals surface area contributed by atoms with E-state index < -0.39 is 10.0 Å². The molecule has 30 heavy (non-hydrogen) atoms. The van der Waals surface area contributed by atoms with Gasteiger partial charge in [-0.3, -0.25) is 9.59 Å². The number of morpholine rings is 1. The summed E-state index contributed by atoms with van der Waals surface area (Å²) in [5, 5.41) is 0. The summed E-state index contributed by atoms with van der Waals surface area (Å²) in [5.41, 5.74) is 1.56. The molecule has 0 aliphatic carbocycles. The number of sulfonamides is 1. The van der Waals surface area contributed by atoms with Gasteiger partial charge in [0.25, 0.3) is 0 Å². The fraction of sp³-hybridized carbons (Fsp3) is 0.600. The lowest BCUT2D eigenvalue weighted by molar-refractivity contribution is -0.136. The number of rotatable bonds is 8. The average molecular weight is 439 g/mol. The molecule has 1 saturated heterocycles. The van der Waals surface area contributed by atoms with Gasteiger partial charge in [0, 0.05) is 51.3 Å². The van der Waals surface area contributed by atoms with Crippen molar-refractivity contribution in [1.82, 2.24) is 14.5 Å². The first kappa shape index (κ1) is 22.7. The minimum Gasteiger partial charge on any atom is -0.378 e. The quantitative estimate of drug-likeness (QED) is 0.616. The van der Waals surface area contributed by atoms with Gasteiger partial charge >= 0.3 is 0 Å². The first-order chi connectivity index (χ1) is 14.3. The molecule has 0 radical (unpaired) electrons. The molecule has 0 spiro atoms. The summed E-state index contributed by atoms with van der Waals surface area (Å²) in [4.78, 5) is 30.4. The zero-order valence-electron chi connectivity index (χ0n) is 17.6. The molecular formula is C20H30N4O5S. The van der Waals surface area contributed by atoms with Crippen molar-refractivity contribution in [2.24, 2.45) is 0 Å². The first-order valence-electron chi connectivity index (χ1n) is 10.2. The van der Waals surface area contributed by atoms with Crippen molar-refractivity contribution < 1.29 is 22.7 Å². The molecule has 9 nitrogen and oxygen atoms in total. The number of hydrogen-bond donors (Lipinski definition) is 1. The summed E-state index contributed by atoms with van der Waals surface area (Å²) >= 11 is 0. The Hall–Kier alpha value is -2.01. The minimum atomic E-state index is -3.59. The van der Waals surface area contributed by atoms with Crippen molar-refractivity contribution >= 4 is 27.5 Å². The second kappa shape index (κ2) is 9.86. The van der Waals surface area contributed by atoms with Gasteiger partial charge < -0.3 is 19.4 Å². The van der Waals surface area contributed by atoms with Crippen LogP contribution in [0.2, 0.25) is 0 Å². The molecule has 166 valence electrons. The third-order valence-electron chi connectivity index (χ3n) is 5.33. The molecule has 1 fully saturated rings. The molecule has 1 aromatic rings. The number of likely N-dealkylation sites (N-methyl/N-ethyl adjacent to an activating group) is 1. The van der Waals surface area contributed by atoms with Gasteiger partial charge in [0.2, 0.25) is 21.8 Å². The zero-order chi connectivity index (χ0) is 21.7. The van der Waals surface area contributed by atoms with Gasteiger partial charge in [0.05, 0.1) is 18.1 Å². The maximum atomic E-state index is 12.7. The van der Waals surface area contributed by atoms with Gasteiger partial charge in [-0.15, -0.1) is 0 Å². The SMILES string of the molecule is CN(C)CCNS(=O)(=O)c1ccc2c(c1)CCN2C(=O)CCC(=O)N1CCOCC1. The van der Waals surface area contributed by atoms with E-state index in [2.05, 4.69) is 4.72 Å². The van der Waals surface area contributed by atoms with Crippen LogP contribution >= 0.6 is 0 Å². The zero-order valence-corrected chi connectivity index (χ0v) is 18.4. The van der Waals surface area contributed by atoms with Crippen LogP contribution < -0.4 is 9.62 Å². The van der Waals surface area contributed by atoms with Crippen LogP contribution in [0.5, 0.6) is 0 Å². The van der Waals surface area contributed by atoms with Crippen LogP contribution in [-0.4, -0.2) is 90.1 Å². The van der Waals surface area contributed by atoms with Crippen molar-refractivity contribution in [2.45, 2.75) is 24.2 Å². The fourth-order valence-electron chi connectivity index (χ4n) is 3.61. The molecule has 2 heterocycles. The molecule has 0 saturated carbocycles. The van der Waals surface area contributed by atoms with E-state index in [0.717, 1.165) is 11.3 Å². The van der Waals surface area contributed by atoms with Crippen molar-refractivity contribution in [3.8, 4) is 0 Å². The number of fused-ring (bicyclic) bond motifs is 1. The van der Waals surface area contributed by atoms with E-state index in [4.69, 9.17) is 4.74 Å². The highest BCUT2D eigenvalue weighted by Gasteiger charge is 2.27. The Kier molecular flexibility index (Phi) is 7.45. The van der Waals surface area contributed by atoms with E-state index in [1.54, 1.807) is 21.9 Å². The van der Waals surface area contributed by atoms with Crippen LogP contribution in [0.1, 0.15) is 18.4 Å². The van der Waals surface area contributed by atoms with E-state index in [1.807, 2.05) is 19.0 Å². The van der Waals surface area contributed by atoms with Crippen molar-refractivity contribution in [2.75, 3.05) is 64.9 Å². The predicted molar refractivity (Wildman–Crippen MR) is 113 cm³/mol. The first-order valence-corrected chi connectivity index (χ1v) is 11.7. The third kappa shape index (κ3) is 5.57. The van der Waals surface area contributed by atoms with Gasteiger partial charge in [0.1, 0.15) is 0 Å². The Morgan fingerprint density at radius 1 is 1.10 bits per heavy atom. The monoisotopic (exact) mass is 438 g/mol. The van der Waals surface area contributed by atoms with Crippen molar-refractivity contribution in [1.29, 1.82) is 0 Å². The van der Waals surface area contributed by atoms with Gasteiger partial charge in [0.15, 0.2) is 0 Å². The lowest BCUT2D eigenvalue weighted by Gasteiger charge is -2.27. The highest BCUT2D eigenvalue weighted by Crippen LogP contribution is 2.30. The normalized spacial score (nSPS) is 16.8. The fourth-order valence-corrected chi connectivity index (χ4v) is 4.68. The molecule has 0 unspecified atom stereocenters. The van der Waals surface area contributed by atoms with Gasteiger partial charge in [-0.05, 0) is 44.3 Å². The highest BCUT2D eigenvalue weighted by molar-refractivity contribution is 7.89. The van der Waals surface area contributed by atoms with Gasteiger partial charge in [-0.1, -0.05) is 0 Å². The largest absolute Gasteiger partial charge is 0.378 e. The molecule has 1 N–H and O–H groups in total. The molecule has 3 rings (SSSR count). The Morgan fingerprint density at radius 2 is 1.80 bits per heavy atom. The molecule has 2 aliphatic heterocycles. The number of benzene rings is 1. The summed E-state index contributed by atoms with van der Waals surface area (Å²) in [7, 11) is 0.168. The summed E-state index contributed by atoms with van der Waals surface area (Å²) in [6.07, 6.45) is 0.911. The number of hydrogen-bond acceptors (Lipinski definition) is 6. The number of amides is 2. The van der Waals surface area contributed by atoms with E-state index in [0.29, 0.717) is 52.4 Å². The third-order valence-corrected chi connectivity index (χ3v) is 6.78. The van der Waals surface area contributed by atoms with E-state index >= 15 is 0 Å². The lowest BCUT2D eigenvalue weighted by atomic mass is 10.2. The second-order valence-electron chi connectivity index (χ2n) is 7.78. The van der Waals surface area contributed by atoms with Crippen LogP contribution in [0.3, 0.4) is 0 Å².